The molecule has 1 amide bonds. The number of aliphatic carboxylic acids is 1. The normalized spacial score (nSPS) is 14.0. The van der Waals surface area contributed by atoms with E-state index in [9.17, 15) is 14.4 Å². The number of carboxylic acid groups (broad SMARTS) is 1. The molecule has 3 heterocycles. The van der Waals surface area contributed by atoms with Crippen LogP contribution in [0.1, 0.15) is 71.1 Å². The summed E-state index contributed by atoms with van der Waals surface area (Å²) >= 11 is 0. The van der Waals surface area contributed by atoms with Crippen LogP contribution in [0.3, 0.4) is 0 Å². The highest BCUT2D eigenvalue weighted by atomic mass is 79.9. The number of halogens is 1. The van der Waals surface area contributed by atoms with Crippen LogP contribution in [-0.2, 0) is 11.3 Å². The molecule has 2 aliphatic heterocycles. The Morgan fingerprint density at radius 2 is 1.85 bits per heavy atom. The molecule has 1 fully saturated rings. The number of amidine groups is 1. The highest BCUT2D eigenvalue weighted by Crippen LogP contribution is 2.33. The molecule has 11 nitrogen and oxygen atoms in total. The second kappa shape index (κ2) is 14.1. The zero-order chi connectivity index (χ0) is 27.9. The summed E-state index contributed by atoms with van der Waals surface area (Å²) in [5, 5.41) is 20.0. The topological polar surface area (TPSA) is 145 Å². The van der Waals surface area contributed by atoms with Crippen molar-refractivity contribution in [2.24, 2.45) is 0 Å². The third-order valence-corrected chi connectivity index (χ3v) is 6.81. The first-order valence-electron chi connectivity index (χ1n) is 13.3. The molecule has 0 atom stereocenters. The van der Waals surface area contributed by atoms with Crippen LogP contribution in [0.15, 0.2) is 24.3 Å². The van der Waals surface area contributed by atoms with Crippen molar-refractivity contribution in [3.05, 3.63) is 46.8 Å². The van der Waals surface area contributed by atoms with Crippen LogP contribution in [-0.4, -0.2) is 78.4 Å². The second-order valence-corrected chi connectivity index (χ2v) is 9.56. The van der Waals surface area contributed by atoms with Gasteiger partial charge in [-0.1, -0.05) is 0 Å². The Kier molecular flexibility index (Phi) is 10.9. The molecule has 0 radical (unpaired) electrons. The summed E-state index contributed by atoms with van der Waals surface area (Å²) in [4.78, 5) is 44.7. The van der Waals surface area contributed by atoms with Crippen LogP contribution in [0, 0.1) is 5.41 Å². The number of ether oxygens (including phenoxy) is 2. The van der Waals surface area contributed by atoms with E-state index < -0.39 is 11.9 Å². The number of carbonyl (C=O) groups is 3. The lowest BCUT2D eigenvalue weighted by atomic mass is 10.1. The van der Waals surface area contributed by atoms with Gasteiger partial charge in [0.15, 0.2) is 17.2 Å². The van der Waals surface area contributed by atoms with E-state index in [2.05, 4.69) is 15.2 Å². The van der Waals surface area contributed by atoms with Gasteiger partial charge < -0.3 is 29.7 Å². The van der Waals surface area contributed by atoms with Crippen molar-refractivity contribution in [1.82, 2.24) is 15.2 Å². The van der Waals surface area contributed by atoms with Gasteiger partial charge in [0.1, 0.15) is 17.3 Å². The largest absolute Gasteiger partial charge is 0.491 e. The van der Waals surface area contributed by atoms with Crippen molar-refractivity contribution in [1.29, 1.82) is 5.41 Å². The number of unbranched alkanes of at least 4 members (excludes halogenated alkanes) is 1. The Hall–Kier alpha value is -3.67. The number of aromatic nitrogens is 1. The first-order valence-corrected chi connectivity index (χ1v) is 13.3. The van der Waals surface area contributed by atoms with E-state index in [1.54, 1.807) is 23.1 Å². The van der Waals surface area contributed by atoms with E-state index >= 15 is 0 Å². The van der Waals surface area contributed by atoms with Crippen LogP contribution in [0.2, 0.25) is 0 Å². The fraction of sp³-hybridized carbons (Fsp3) is 0.464. The smallest absolute Gasteiger partial charge is 0.303 e. The molecule has 0 aliphatic carbocycles. The molecule has 0 unspecified atom stereocenters. The minimum Gasteiger partial charge on any atom is -0.491 e. The van der Waals surface area contributed by atoms with Gasteiger partial charge in [0.25, 0.3) is 5.91 Å². The summed E-state index contributed by atoms with van der Waals surface area (Å²) in [6.07, 6.45) is 3.41. The maximum atomic E-state index is 13.4. The maximum Gasteiger partial charge on any atom is 0.303 e. The molecule has 4 rings (SSSR count). The Labute approximate surface area is 244 Å². The number of pyridine rings is 1. The zero-order valence-corrected chi connectivity index (χ0v) is 24.5. The third kappa shape index (κ3) is 7.09. The summed E-state index contributed by atoms with van der Waals surface area (Å²) in [6, 6.07) is 7.11. The number of Topliss-reactive ketones (excluding diaryl/α,β-unsaturated/α-hetero) is 1. The number of carbonyl (C=O) groups excluding carboxylic acids is 2. The molecule has 40 heavy (non-hydrogen) atoms. The number of amides is 1. The van der Waals surface area contributed by atoms with Gasteiger partial charge >= 0.3 is 5.97 Å². The minimum absolute atomic E-state index is 0. The fourth-order valence-corrected chi connectivity index (χ4v) is 4.82. The molecule has 12 heteroatoms. The van der Waals surface area contributed by atoms with Gasteiger partial charge in [0.05, 0.1) is 25.4 Å². The number of carboxylic acids is 1. The number of nitrogens with zero attached hydrogens (tertiary/aromatic N) is 3. The predicted octanol–water partition coefficient (Wildman–Crippen LogP) is 3.68. The van der Waals surface area contributed by atoms with E-state index in [1.807, 2.05) is 13.0 Å². The van der Waals surface area contributed by atoms with E-state index in [0.717, 1.165) is 37.2 Å². The van der Waals surface area contributed by atoms with Gasteiger partial charge in [0.2, 0.25) is 0 Å². The molecule has 2 aromatic rings. The number of nitrogens with one attached hydrogen (secondary N) is 2. The van der Waals surface area contributed by atoms with Gasteiger partial charge in [-0.15, -0.1) is 17.0 Å². The van der Waals surface area contributed by atoms with Crippen molar-refractivity contribution >= 4 is 46.2 Å². The number of rotatable bonds is 13. The van der Waals surface area contributed by atoms with Crippen molar-refractivity contribution in [3.8, 4) is 11.5 Å². The first kappa shape index (κ1) is 30.9. The molecular formula is C28H36BrN5O6. The molecule has 0 bridgehead atoms. The number of fused-ring (bicyclic) bond motifs is 1. The molecule has 216 valence electrons. The Balaban J connectivity index is 0.00000441. The van der Waals surface area contributed by atoms with Crippen LogP contribution in [0.5, 0.6) is 11.5 Å². The molecule has 0 saturated carbocycles. The molecule has 2 aliphatic rings. The summed E-state index contributed by atoms with van der Waals surface area (Å²) in [5.41, 5.74) is 2.59. The van der Waals surface area contributed by atoms with Crippen molar-refractivity contribution in [2.45, 2.75) is 45.6 Å². The molecule has 1 saturated heterocycles. The number of anilines is 1. The lowest BCUT2D eigenvalue weighted by molar-refractivity contribution is -0.137. The quantitative estimate of drug-likeness (QED) is 0.226. The summed E-state index contributed by atoms with van der Waals surface area (Å²) in [6.45, 7) is 4.65. The Bertz CT molecular complexity index is 1260. The Morgan fingerprint density at radius 1 is 1.10 bits per heavy atom. The summed E-state index contributed by atoms with van der Waals surface area (Å²) < 4.78 is 11.6. The molecule has 0 spiro atoms. The number of ketones is 1. The lowest BCUT2D eigenvalue weighted by Crippen LogP contribution is -2.31. The zero-order valence-electron chi connectivity index (χ0n) is 22.8. The molecule has 1 aromatic heterocycles. The van der Waals surface area contributed by atoms with Crippen molar-refractivity contribution in [3.63, 3.8) is 0 Å². The monoisotopic (exact) mass is 617 g/mol. The standard InChI is InChI=1S/C28H35N5O6.BrH/c1-3-38-23-15-19-16-33(27(29)25(19)31-26(23)28(37)30-2)17-21(34)18-9-10-22(39-13-7-4-8-24(35)36)20(14-18)32-11-5-6-12-32;/h9-10,14-15,29H,3-8,11-13,16-17H2,1-2H3,(H,30,37)(H,35,36);1H. The average molecular weight is 619 g/mol. The van der Waals surface area contributed by atoms with Crippen LogP contribution >= 0.6 is 17.0 Å². The first-order chi connectivity index (χ1) is 18.8. The van der Waals surface area contributed by atoms with Gasteiger partial charge in [-0.25, -0.2) is 4.98 Å². The number of hydrogen-bond donors (Lipinski definition) is 3. The minimum atomic E-state index is -0.817. The average Bonchev–Trinajstić information content (AvgIpc) is 3.56. The van der Waals surface area contributed by atoms with Gasteiger partial charge in [-0.05, 0) is 56.9 Å². The highest BCUT2D eigenvalue weighted by molar-refractivity contribution is 8.93. The summed E-state index contributed by atoms with van der Waals surface area (Å²) in [7, 11) is 1.51. The van der Waals surface area contributed by atoms with Gasteiger partial charge in [-0.2, -0.15) is 0 Å². The van der Waals surface area contributed by atoms with Crippen molar-refractivity contribution in [2.75, 3.05) is 44.8 Å². The van der Waals surface area contributed by atoms with Crippen LogP contribution in [0.25, 0.3) is 0 Å². The highest BCUT2D eigenvalue weighted by Gasteiger charge is 2.31. The van der Waals surface area contributed by atoms with E-state index in [4.69, 9.17) is 20.0 Å². The third-order valence-electron chi connectivity index (χ3n) is 6.81. The molecule has 3 N–H and O–H groups in total. The van der Waals surface area contributed by atoms with Crippen LogP contribution in [0.4, 0.5) is 5.69 Å². The van der Waals surface area contributed by atoms with Gasteiger partial charge in [0, 0.05) is 44.2 Å². The predicted molar refractivity (Wildman–Crippen MR) is 156 cm³/mol. The number of hydrogen-bond acceptors (Lipinski definition) is 8. The lowest BCUT2D eigenvalue weighted by Gasteiger charge is -2.23. The van der Waals surface area contributed by atoms with E-state index in [-0.39, 0.29) is 47.3 Å². The summed E-state index contributed by atoms with van der Waals surface area (Å²) in [5.74, 6) is -0.237. The van der Waals surface area contributed by atoms with Crippen molar-refractivity contribution < 1.29 is 29.0 Å². The SMILES string of the molecule is Br.CCOc1cc2c(nc1C(=O)NC)C(=N)N(CC(=O)c1ccc(OCCCCC(=O)O)c(N3CCCC3)c1)C2. The molecule has 1 aromatic carbocycles. The van der Waals surface area contributed by atoms with Gasteiger partial charge in [-0.3, -0.25) is 19.8 Å². The number of benzene rings is 1. The molecular weight excluding hydrogens is 582 g/mol. The Morgan fingerprint density at radius 3 is 2.52 bits per heavy atom. The fourth-order valence-electron chi connectivity index (χ4n) is 4.82. The maximum absolute atomic E-state index is 13.4. The van der Waals surface area contributed by atoms with E-state index in [1.165, 1.54) is 7.05 Å². The second-order valence-electron chi connectivity index (χ2n) is 9.56. The van der Waals surface area contributed by atoms with Crippen LogP contribution < -0.4 is 19.7 Å². The van der Waals surface area contributed by atoms with E-state index in [0.29, 0.717) is 55.4 Å².